The molecule has 152 valence electrons. The Bertz CT molecular complexity index is 947. The lowest BCUT2D eigenvalue weighted by Crippen LogP contribution is -2.31. The molecule has 0 bridgehead atoms. The maximum atomic E-state index is 12.2. The average molecular weight is 410 g/mol. The van der Waals surface area contributed by atoms with Gasteiger partial charge in [-0.1, -0.05) is 17.7 Å². The van der Waals surface area contributed by atoms with E-state index in [9.17, 15) is 4.79 Å². The first-order valence-electron chi connectivity index (χ1n) is 9.61. The number of thioether (sulfide) groups is 1. The molecule has 5 nitrogen and oxygen atoms in total. The normalized spacial score (nSPS) is 11.1. The van der Waals surface area contributed by atoms with E-state index in [1.807, 2.05) is 38.1 Å². The molecule has 6 heteroatoms. The number of oxazole rings is 1. The van der Waals surface area contributed by atoms with Crippen molar-refractivity contribution in [2.75, 3.05) is 27.2 Å². The van der Waals surface area contributed by atoms with E-state index in [1.165, 1.54) is 10.5 Å². The molecule has 0 saturated heterocycles. The van der Waals surface area contributed by atoms with Gasteiger partial charge in [-0.05, 0) is 64.3 Å². The molecule has 0 spiro atoms. The first-order chi connectivity index (χ1) is 13.9. The van der Waals surface area contributed by atoms with Crippen molar-refractivity contribution in [1.82, 2.24) is 15.2 Å². The summed E-state index contributed by atoms with van der Waals surface area (Å²) in [4.78, 5) is 20.1. The SMILES string of the molecule is Cc1ccc(SCc2nc(-c3ccc(C(=O)NCCN(C)C)cc3)oc2C)cc1. The molecule has 1 aromatic heterocycles. The standard InChI is InChI=1S/C23H27N3O2S/c1-16-5-11-20(12-6-16)29-15-21-17(2)28-23(25-21)19-9-7-18(8-10-19)22(27)24-13-14-26(3)4/h5-12H,13-15H2,1-4H3,(H,24,27). The molecule has 0 aliphatic carbocycles. The second-order valence-electron chi connectivity index (χ2n) is 7.26. The number of aromatic nitrogens is 1. The zero-order chi connectivity index (χ0) is 20.8. The smallest absolute Gasteiger partial charge is 0.251 e. The van der Waals surface area contributed by atoms with Gasteiger partial charge < -0.3 is 14.6 Å². The number of carbonyl (C=O) groups is 1. The zero-order valence-corrected chi connectivity index (χ0v) is 18.2. The van der Waals surface area contributed by atoms with Crippen molar-refractivity contribution >= 4 is 17.7 Å². The van der Waals surface area contributed by atoms with E-state index in [2.05, 4.69) is 41.5 Å². The first-order valence-corrected chi connectivity index (χ1v) is 10.6. The maximum absolute atomic E-state index is 12.2. The molecule has 29 heavy (non-hydrogen) atoms. The fraction of sp³-hybridized carbons (Fsp3) is 0.304. The molecular formula is C23H27N3O2S. The van der Waals surface area contributed by atoms with Crippen molar-refractivity contribution < 1.29 is 9.21 Å². The molecule has 0 unspecified atom stereocenters. The number of nitrogens with zero attached hydrogens (tertiary/aromatic N) is 2. The van der Waals surface area contributed by atoms with Crippen LogP contribution in [0.1, 0.15) is 27.4 Å². The lowest BCUT2D eigenvalue weighted by Gasteiger charge is -2.10. The molecule has 0 saturated carbocycles. The third kappa shape index (κ3) is 5.95. The van der Waals surface area contributed by atoms with Crippen LogP contribution in [0, 0.1) is 13.8 Å². The predicted molar refractivity (Wildman–Crippen MR) is 118 cm³/mol. The minimum Gasteiger partial charge on any atom is -0.441 e. The van der Waals surface area contributed by atoms with E-state index in [4.69, 9.17) is 4.42 Å². The van der Waals surface area contributed by atoms with Gasteiger partial charge in [-0.2, -0.15) is 0 Å². The summed E-state index contributed by atoms with van der Waals surface area (Å²) in [6.07, 6.45) is 0. The summed E-state index contributed by atoms with van der Waals surface area (Å²) in [5, 5.41) is 2.92. The van der Waals surface area contributed by atoms with Gasteiger partial charge in [0.2, 0.25) is 5.89 Å². The van der Waals surface area contributed by atoms with Crippen LogP contribution in [0.5, 0.6) is 0 Å². The number of benzene rings is 2. The molecule has 1 N–H and O–H groups in total. The molecule has 2 aromatic carbocycles. The van der Waals surface area contributed by atoms with Gasteiger partial charge in [-0.3, -0.25) is 4.79 Å². The number of hydrogen-bond acceptors (Lipinski definition) is 5. The minimum absolute atomic E-state index is 0.0721. The highest BCUT2D eigenvalue weighted by Gasteiger charge is 2.13. The van der Waals surface area contributed by atoms with Crippen LogP contribution in [0.2, 0.25) is 0 Å². The third-order valence-electron chi connectivity index (χ3n) is 4.53. The second-order valence-corrected chi connectivity index (χ2v) is 8.31. The molecule has 1 amide bonds. The number of rotatable bonds is 8. The van der Waals surface area contributed by atoms with Crippen molar-refractivity contribution in [2.24, 2.45) is 0 Å². The monoisotopic (exact) mass is 409 g/mol. The Morgan fingerprint density at radius 3 is 2.41 bits per heavy atom. The Balaban J connectivity index is 1.62. The quantitative estimate of drug-likeness (QED) is 0.554. The van der Waals surface area contributed by atoms with E-state index in [1.54, 1.807) is 23.9 Å². The van der Waals surface area contributed by atoms with Gasteiger partial charge in [0.1, 0.15) is 5.76 Å². The summed E-state index contributed by atoms with van der Waals surface area (Å²) in [6, 6.07) is 15.8. The average Bonchev–Trinajstić information content (AvgIpc) is 3.08. The summed E-state index contributed by atoms with van der Waals surface area (Å²) >= 11 is 1.74. The molecular weight excluding hydrogens is 382 g/mol. The molecule has 0 aliphatic rings. The minimum atomic E-state index is -0.0721. The number of likely N-dealkylation sites (N-methyl/N-ethyl adjacent to an activating group) is 1. The molecule has 0 radical (unpaired) electrons. The van der Waals surface area contributed by atoms with Crippen LogP contribution >= 0.6 is 11.8 Å². The number of amides is 1. The van der Waals surface area contributed by atoms with Gasteiger partial charge in [0.15, 0.2) is 0 Å². The van der Waals surface area contributed by atoms with Crippen LogP contribution in [0.15, 0.2) is 57.8 Å². The summed E-state index contributed by atoms with van der Waals surface area (Å²) in [6.45, 7) is 5.45. The first kappa shape index (κ1) is 21.1. The fourth-order valence-electron chi connectivity index (χ4n) is 2.73. The van der Waals surface area contributed by atoms with Gasteiger partial charge in [0, 0.05) is 34.9 Å². The highest BCUT2D eigenvalue weighted by molar-refractivity contribution is 7.98. The number of nitrogens with one attached hydrogen (secondary N) is 1. The molecule has 1 heterocycles. The van der Waals surface area contributed by atoms with Crippen molar-refractivity contribution in [3.05, 3.63) is 71.1 Å². The van der Waals surface area contributed by atoms with Gasteiger partial charge >= 0.3 is 0 Å². The topological polar surface area (TPSA) is 58.4 Å². The zero-order valence-electron chi connectivity index (χ0n) is 17.4. The largest absolute Gasteiger partial charge is 0.441 e. The van der Waals surface area contributed by atoms with Crippen LogP contribution in [-0.2, 0) is 5.75 Å². The maximum Gasteiger partial charge on any atom is 0.251 e. The van der Waals surface area contributed by atoms with Gasteiger partial charge in [0.25, 0.3) is 5.91 Å². The van der Waals surface area contributed by atoms with E-state index < -0.39 is 0 Å². The lowest BCUT2D eigenvalue weighted by molar-refractivity contribution is 0.0951. The third-order valence-corrected chi connectivity index (χ3v) is 5.55. The van der Waals surface area contributed by atoms with Crippen LogP contribution in [0.3, 0.4) is 0 Å². The summed E-state index contributed by atoms with van der Waals surface area (Å²) < 4.78 is 5.87. The summed E-state index contributed by atoms with van der Waals surface area (Å²) in [5.74, 6) is 2.09. The number of aryl methyl sites for hydroxylation is 2. The lowest BCUT2D eigenvalue weighted by atomic mass is 10.1. The van der Waals surface area contributed by atoms with E-state index in [-0.39, 0.29) is 5.91 Å². The Morgan fingerprint density at radius 1 is 1.07 bits per heavy atom. The van der Waals surface area contributed by atoms with Crippen molar-refractivity contribution in [1.29, 1.82) is 0 Å². The van der Waals surface area contributed by atoms with Crippen LogP contribution in [0.25, 0.3) is 11.5 Å². The number of carbonyl (C=O) groups excluding carboxylic acids is 1. The van der Waals surface area contributed by atoms with Gasteiger partial charge in [-0.25, -0.2) is 4.98 Å². The van der Waals surface area contributed by atoms with E-state index in [0.717, 1.165) is 29.3 Å². The fourth-order valence-corrected chi connectivity index (χ4v) is 3.63. The molecule has 0 aliphatic heterocycles. The molecule has 3 aromatic rings. The molecule has 0 fully saturated rings. The van der Waals surface area contributed by atoms with Gasteiger partial charge in [-0.15, -0.1) is 11.8 Å². The van der Waals surface area contributed by atoms with Crippen molar-refractivity contribution in [3.8, 4) is 11.5 Å². The second kappa shape index (κ2) is 9.76. The van der Waals surface area contributed by atoms with Crippen LogP contribution < -0.4 is 5.32 Å². The van der Waals surface area contributed by atoms with Crippen molar-refractivity contribution in [2.45, 2.75) is 24.5 Å². The van der Waals surface area contributed by atoms with Crippen LogP contribution in [-0.4, -0.2) is 43.0 Å². The van der Waals surface area contributed by atoms with E-state index >= 15 is 0 Å². The van der Waals surface area contributed by atoms with Crippen LogP contribution in [0.4, 0.5) is 0 Å². The van der Waals surface area contributed by atoms with Gasteiger partial charge in [0.05, 0.1) is 5.69 Å². The highest BCUT2D eigenvalue weighted by atomic mass is 32.2. The number of hydrogen-bond donors (Lipinski definition) is 1. The summed E-state index contributed by atoms with van der Waals surface area (Å²) in [7, 11) is 3.96. The molecule has 3 rings (SSSR count). The predicted octanol–water partition coefficient (Wildman–Crippen LogP) is 4.54. The Labute approximate surface area is 176 Å². The van der Waals surface area contributed by atoms with E-state index in [0.29, 0.717) is 18.0 Å². The Hall–Kier alpha value is -2.57. The Kier molecular flexibility index (Phi) is 7.12. The summed E-state index contributed by atoms with van der Waals surface area (Å²) in [5.41, 5.74) is 3.69. The Morgan fingerprint density at radius 2 is 1.76 bits per heavy atom. The van der Waals surface area contributed by atoms with Crippen molar-refractivity contribution in [3.63, 3.8) is 0 Å². The highest BCUT2D eigenvalue weighted by Crippen LogP contribution is 2.28. The molecule has 0 atom stereocenters.